The third kappa shape index (κ3) is 64.8. The fraction of sp³-hybridized carbons (Fsp3) is 0.818. The van der Waals surface area contributed by atoms with Gasteiger partial charge < -0.3 is 133 Å². The highest BCUT2D eigenvalue weighted by molar-refractivity contribution is 5.78. The van der Waals surface area contributed by atoms with Crippen LogP contribution in [0.25, 0.3) is 0 Å². The van der Waals surface area contributed by atoms with Crippen molar-refractivity contribution in [3.63, 3.8) is 0 Å². The number of ether oxygens (including phenoxy) is 19. The maximum absolute atomic E-state index is 13.8. The van der Waals surface area contributed by atoms with E-state index in [0.717, 1.165) is 96.3 Å². The number of hydrogen-bond donors (Lipinski definition) is 9. The molecular weight excluding hydrogens is 1500 g/mol. The lowest BCUT2D eigenvalue weighted by atomic mass is 10.0. The standard InChI is InChI=1S/C77H137N9O28/c78-111-62-73(91)82-29-40-99-48-56-107-61-60-103-52-44-95-33-25-72(90)86-77(63-108-34-22-69(87)79-26-37-96-45-53-104-57-49-100-41-30-83-74(92)112-66-16-10-4-1-5-11-17-66,64-109-35-23-70(88)80-27-38-97-46-54-105-58-50-101-42-31-84-75(93)113-67-18-12-6-2-7-13-19-67)65-110-36-24-71(89)81-28-39-98-47-55-106-59-51-102-43-32-85-76(94)114-68-20-14-8-3-9-15-21-68/h1-4,6,8,66-68H,5,7,9-65,78H2,(H,79,87)(H,80,88)(H,81,89)(H,82,91)(H,83,92)(H,84,93)(H,85,94)(H,86,90)/b4-1+,6-2+,8-3+. The highest BCUT2D eigenvalue weighted by Gasteiger charge is 2.34. The van der Waals surface area contributed by atoms with Crippen LogP contribution in [0.15, 0.2) is 36.5 Å². The molecule has 0 saturated heterocycles. The van der Waals surface area contributed by atoms with Crippen LogP contribution in [0.1, 0.15) is 122 Å². The van der Waals surface area contributed by atoms with Crippen molar-refractivity contribution in [2.75, 3.05) is 264 Å². The van der Waals surface area contributed by atoms with Crippen molar-refractivity contribution < 1.29 is 133 Å². The van der Waals surface area contributed by atoms with E-state index < -0.39 is 29.7 Å². The molecule has 0 aromatic carbocycles. The molecule has 3 aliphatic carbocycles. The monoisotopic (exact) mass is 1640 g/mol. The Labute approximate surface area is 673 Å². The summed E-state index contributed by atoms with van der Waals surface area (Å²) in [5.41, 5.74) is -1.40. The molecule has 0 aromatic heterocycles. The van der Waals surface area contributed by atoms with E-state index in [2.05, 4.69) is 83.8 Å². The van der Waals surface area contributed by atoms with Gasteiger partial charge in [0, 0.05) is 71.5 Å². The highest BCUT2D eigenvalue weighted by Crippen LogP contribution is 2.19. The summed E-state index contributed by atoms with van der Waals surface area (Å²) in [5.74, 6) is 3.13. The van der Waals surface area contributed by atoms with Crippen molar-refractivity contribution in [1.82, 2.24) is 42.5 Å². The molecule has 658 valence electrons. The molecule has 0 radical (unpaired) electrons. The lowest BCUT2D eigenvalue weighted by Crippen LogP contribution is -2.59. The Morgan fingerprint density at radius 3 is 0.772 bits per heavy atom. The van der Waals surface area contributed by atoms with Crippen molar-refractivity contribution in [2.24, 2.45) is 5.90 Å². The molecule has 8 amide bonds. The molecule has 114 heavy (non-hydrogen) atoms. The van der Waals surface area contributed by atoms with Gasteiger partial charge in [0.2, 0.25) is 29.5 Å². The van der Waals surface area contributed by atoms with E-state index in [4.69, 9.17) is 95.9 Å². The molecule has 3 rings (SSSR count). The number of rotatable bonds is 72. The van der Waals surface area contributed by atoms with E-state index in [1.54, 1.807) is 0 Å². The number of amides is 8. The maximum Gasteiger partial charge on any atom is 0.407 e. The van der Waals surface area contributed by atoms with Crippen molar-refractivity contribution in [3.05, 3.63) is 36.5 Å². The van der Waals surface area contributed by atoms with Crippen molar-refractivity contribution in [3.8, 4) is 0 Å². The second-order valence-corrected chi connectivity index (χ2v) is 26.5. The molecule has 0 aliphatic heterocycles. The molecule has 37 nitrogen and oxygen atoms in total. The van der Waals surface area contributed by atoms with Crippen LogP contribution in [0.5, 0.6) is 0 Å². The first-order chi connectivity index (χ1) is 55.9. The second kappa shape index (κ2) is 75.4. The number of nitrogens with two attached hydrogens (primary N) is 1. The predicted octanol–water partition coefficient (Wildman–Crippen LogP) is 2.87. The normalized spacial score (nSPS) is 17.1. The van der Waals surface area contributed by atoms with Gasteiger partial charge in [-0.3, -0.25) is 28.8 Å². The Balaban J connectivity index is 1.44. The SMILES string of the molecule is NOCC(=O)NCCOCCOCCOCCOCCC(=O)NC(COCCC(=O)NCCOCCOCCOCCNC(=O)OC1CC/C=C/CCC1)(COCCC(=O)NCCOCCOCCOCCNC(=O)OC1CC/C=C/CCC1)COCCC(=O)NCCOCCOCCOCCNC(=O)OC1CC/C=C/CCC1. The lowest BCUT2D eigenvalue weighted by Gasteiger charge is -2.34. The molecule has 3 unspecified atom stereocenters. The summed E-state index contributed by atoms with van der Waals surface area (Å²) in [7, 11) is 0. The number of nitrogens with one attached hydrogen (secondary N) is 8. The minimum absolute atomic E-state index is 0.0153. The first kappa shape index (κ1) is 102. The molecule has 0 aromatic rings. The lowest BCUT2D eigenvalue weighted by molar-refractivity contribution is -0.131. The molecule has 3 atom stereocenters. The molecule has 0 saturated carbocycles. The van der Waals surface area contributed by atoms with Crippen LogP contribution in [0, 0.1) is 0 Å². The van der Waals surface area contributed by atoms with Crippen LogP contribution in [0.3, 0.4) is 0 Å². The van der Waals surface area contributed by atoms with Crippen molar-refractivity contribution in [2.45, 2.75) is 146 Å². The van der Waals surface area contributed by atoms with Gasteiger partial charge in [-0.25, -0.2) is 20.3 Å². The topological polar surface area (TPSA) is 443 Å². The average molecular weight is 1640 g/mol. The summed E-state index contributed by atoms with van der Waals surface area (Å²) in [4.78, 5) is 105. The zero-order chi connectivity index (χ0) is 81.6. The van der Waals surface area contributed by atoms with Crippen molar-refractivity contribution in [1.29, 1.82) is 0 Å². The zero-order valence-electron chi connectivity index (χ0n) is 67.4. The van der Waals surface area contributed by atoms with Gasteiger partial charge in [-0.15, -0.1) is 0 Å². The second-order valence-electron chi connectivity index (χ2n) is 26.5. The summed E-state index contributed by atoms with van der Waals surface area (Å²) in [6.45, 7) is 8.05. The first-order valence-corrected chi connectivity index (χ1v) is 40.7. The van der Waals surface area contributed by atoms with Gasteiger partial charge in [-0.1, -0.05) is 36.5 Å². The van der Waals surface area contributed by atoms with Crippen LogP contribution in [0.4, 0.5) is 14.4 Å². The minimum Gasteiger partial charge on any atom is -0.446 e. The third-order valence-corrected chi connectivity index (χ3v) is 16.8. The number of carbonyl (C=O) groups excluding carboxylic acids is 8. The van der Waals surface area contributed by atoms with Crippen LogP contribution in [0.2, 0.25) is 0 Å². The smallest absolute Gasteiger partial charge is 0.407 e. The van der Waals surface area contributed by atoms with Gasteiger partial charge in [0.05, 0.1) is 211 Å². The molecule has 10 N–H and O–H groups in total. The molecule has 0 bridgehead atoms. The summed E-state index contributed by atoms with van der Waals surface area (Å²) in [6, 6.07) is 0. The van der Waals surface area contributed by atoms with E-state index in [9.17, 15) is 38.4 Å². The summed E-state index contributed by atoms with van der Waals surface area (Å²) in [6.07, 6.45) is 24.7. The molecule has 0 fully saturated rings. The van der Waals surface area contributed by atoms with E-state index in [1.807, 2.05) is 0 Å². The Morgan fingerprint density at radius 1 is 0.263 bits per heavy atom. The third-order valence-electron chi connectivity index (χ3n) is 16.8. The number of allylic oxidation sites excluding steroid dienone is 6. The molecule has 0 spiro atoms. The van der Waals surface area contributed by atoms with Gasteiger partial charge in [0.15, 0.2) is 0 Å². The zero-order valence-corrected chi connectivity index (χ0v) is 67.4. The largest absolute Gasteiger partial charge is 0.446 e. The fourth-order valence-electron chi connectivity index (χ4n) is 10.9. The predicted molar refractivity (Wildman–Crippen MR) is 416 cm³/mol. The Hall–Kier alpha value is -6.34. The minimum atomic E-state index is -1.40. The van der Waals surface area contributed by atoms with E-state index >= 15 is 0 Å². The van der Waals surface area contributed by atoms with E-state index in [0.29, 0.717) is 132 Å². The quantitative estimate of drug-likeness (QED) is 0.0183. The average Bonchev–Trinajstić information content (AvgIpc) is 0.851. The Morgan fingerprint density at radius 2 is 0.491 bits per heavy atom. The molecular formula is C77H137N9O28. The Kier molecular flexibility index (Phi) is 67.4. The van der Waals surface area contributed by atoms with Gasteiger partial charge in [0.1, 0.15) is 30.5 Å². The van der Waals surface area contributed by atoms with Crippen molar-refractivity contribution >= 4 is 47.8 Å². The van der Waals surface area contributed by atoms with Crippen LogP contribution in [-0.4, -0.2) is 336 Å². The van der Waals surface area contributed by atoms with Crippen LogP contribution >= 0.6 is 0 Å². The molecule has 37 heteroatoms. The van der Waals surface area contributed by atoms with Gasteiger partial charge in [-0.2, -0.15) is 0 Å². The molecule has 3 aliphatic rings. The maximum atomic E-state index is 13.8. The van der Waals surface area contributed by atoms with Gasteiger partial charge >= 0.3 is 18.3 Å². The van der Waals surface area contributed by atoms with Crippen LogP contribution in [-0.2, 0) is 119 Å². The van der Waals surface area contributed by atoms with E-state index in [1.165, 1.54) is 0 Å². The summed E-state index contributed by atoms with van der Waals surface area (Å²) in [5, 5.41) is 22.2. The molecule has 0 heterocycles. The number of hydrogen-bond acceptors (Lipinski definition) is 29. The van der Waals surface area contributed by atoms with Gasteiger partial charge in [-0.05, 0) is 96.3 Å². The van der Waals surface area contributed by atoms with Gasteiger partial charge in [0.25, 0.3) is 0 Å². The summed E-state index contributed by atoms with van der Waals surface area (Å²) < 4.78 is 107. The number of carbonyl (C=O) groups is 8. The first-order valence-electron chi connectivity index (χ1n) is 40.7. The highest BCUT2D eigenvalue weighted by atomic mass is 16.6. The van der Waals surface area contributed by atoms with E-state index in [-0.39, 0.29) is 200 Å². The van der Waals surface area contributed by atoms with Crippen LogP contribution < -0.4 is 48.4 Å². The Bertz CT molecular complexity index is 2310. The number of alkyl carbamates (subject to hydrolysis) is 3. The fourth-order valence-corrected chi connectivity index (χ4v) is 10.9. The summed E-state index contributed by atoms with van der Waals surface area (Å²) >= 11 is 0.